The van der Waals surface area contributed by atoms with E-state index >= 15 is 0 Å². The Balaban J connectivity index is 0.000000487. The average molecular weight is 209 g/mol. The Kier molecular flexibility index (Phi) is 6.85. The molecular formula is C15H15N. The number of nitrogens with zero attached hydrogens (tertiary/aromatic N) is 1. The van der Waals surface area contributed by atoms with Gasteiger partial charge in [0.05, 0.1) is 6.07 Å². The summed E-state index contributed by atoms with van der Waals surface area (Å²) < 4.78 is 0. The zero-order chi connectivity index (χ0) is 12.4. The molecule has 0 aliphatic carbocycles. The first-order chi connectivity index (χ1) is 7.74. The first-order valence-electron chi connectivity index (χ1n) is 4.76. The average Bonchev–Trinajstić information content (AvgIpc) is 2.37. The molecule has 0 unspecified atom stereocenters. The molecule has 0 saturated carbocycles. The Morgan fingerprint density at radius 1 is 0.938 bits per heavy atom. The molecule has 0 N–H and O–H groups in total. The Bertz CT molecular complexity index is 407. The molecule has 0 aliphatic rings. The fraction of sp³-hybridized carbons (Fsp3) is 0. The van der Waals surface area contributed by atoms with Gasteiger partial charge >= 0.3 is 0 Å². The first kappa shape index (κ1) is 13.7. The molecule has 1 nitrogen and oxygen atoms in total. The molecule has 0 saturated heterocycles. The molecule has 0 bridgehead atoms. The largest absolute Gasteiger partial charge is 0.193 e. The number of nitriles is 1. The lowest BCUT2D eigenvalue weighted by Crippen LogP contribution is -1.84. The minimum absolute atomic E-state index is 1.10. The molecule has 0 spiro atoms. The molecule has 16 heavy (non-hydrogen) atoms. The van der Waals surface area contributed by atoms with E-state index in [1.54, 1.807) is 6.07 Å². The fourth-order valence-electron chi connectivity index (χ4n) is 1.19. The second-order valence-electron chi connectivity index (χ2n) is 2.80. The molecule has 1 aromatic carbocycles. The van der Waals surface area contributed by atoms with Gasteiger partial charge in [-0.3, -0.25) is 0 Å². The third-order valence-corrected chi connectivity index (χ3v) is 1.91. The van der Waals surface area contributed by atoms with Crippen LogP contribution in [0.4, 0.5) is 0 Å². The Morgan fingerprint density at radius 3 is 1.62 bits per heavy atom. The predicted octanol–water partition coefficient (Wildman–Crippen LogP) is 4.31. The smallest absolute Gasteiger partial charge is 0.0905 e. The van der Waals surface area contributed by atoms with Gasteiger partial charge < -0.3 is 0 Å². The van der Waals surface area contributed by atoms with Crippen LogP contribution in [0.1, 0.15) is 16.7 Å². The topological polar surface area (TPSA) is 23.8 Å². The van der Waals surface area contributed by atoms with Gasteiger partial charge in [-0.25, -0.2) is 0 Å². The van der Waals surface area contributed by atoms with Crippen LogP contribution >= 0.6 is 0 Å². The van der Waals surface area contributed by atoms with Crippen LogP contribution in [0, 0.1) is 11.3 Å². The second kappa shape index (κ2) is 8.02. The summed E-state index contributed by atoms with van der Waals surface area (Å²) in [6, 6.07) is 7.70. The molecule has 0 fully saturated rings. The normalized spacial score (nSPS) is 7.69. The van der Waals surface area contributed by atoms with Crippen LogP contribution in [0.5, 0.6) is 0 Å². The van der Waals surface area contributed by atoms with Gasteiger partial charge in [0.2, 0.25) is 0 Å². The first-order valence-corrected chi connectivity index (χ1v) is 4.76. The van der Waals surface area contributed by atoms with Gasteiger partial charge in [-0.05, 0) is 16.7 Å². The summed E-state index contributed by atoms with van der Waals surface area (Å²) in [6.45, 7) is 14.3. The second-order valence-corrected chi connectivity index (χ2v) is 2.80. The standard InChI is InChI=1S/C12H12.C3H3N/c1-4-10-8-7-9-11(5-2)12(10)6-3;1-2-3-4/h4-9H,1-3H2;2H,1H2. The van der Waals surface area contributed by atoms with E-state index in [4.69, 9.17) is 5.26 Å². The highest BCUT2D eigenvalue weighted by atomic mass is 14.2. The van der Waals surface area contributed by atoms with Crippen LogP contribution in [0.25, 0.3) is 18.2 Å². The van der Waals surface area contributed by atoms with E-state index in [1.807, 2.05) is 36.4 Å². The maximum atomic E-state index is 7.51. The van der Waals surface area contributed by atoms with Crippen LogP contribution in [0.2, 0.25) is 0 Å². The van der Waals surface area contributed by atoms with Crippen molar-refractivity contribution in [3.05, 3.63) is 67.3 Å². The van der Waals surface area contributed by atoms with E-state index in [0.29, 0.717) is 0 Å². The fourth-order valence-corrected chi connectivity index (χ4v) is 1.19. The van der Waals surface area contributed by atoms with E-state index in [9.17, 15) is 0 Å². The summed E-state index contributed by atoms with van der Waals surface area (Å²) in [5, 5.41) is 7.51. The number of rotatable bonds is 3. The Morgan fingerprint density at radius 2 is 1.38 bits per heavy atom. The van der Waals surface area contributed by atoms with Gasteiger partial charge in [-0.2, -0.15) is 5.26 Å². The zero-order valence-electron chi connectivity index (χ0n) is 9.32. The Hall–Kier alpha value is -2.33. The van der Waals surface area contributed by atoms with Crippen molar-refractivity contribution in [1.82, 2.24) is 0 Å². The SMILES string of the molecule is C=CC#N.C=Cc1cccc(C=C)c1C=C. The number of allylic oxidation sites excluding steroid dienone is 1. The predicted molar refractivity (Wildman–Crippen MR) is 72.5 cm³/mol. The maximum Gasteiger partial charge on any atom is 0.0905 e. The monoisotopic (exact) mass is 209 g/mol. The third-order valence-electron chi connectivity index (χ3n) is 1.91. The summed E-state index contributed by atoms with van der Waals surface area (Å²) in [5.41, 5.74) is 3.30. The summed E-state index contributed by atoms with van der Waals surface area (Å²) in [6.07, 6.45) is 6.65. The van der Waals surface area contributed by atoms with Gasteiger partial charge in [0.25, 0.3) is 0 Å². The summed E-state index contributed by atoms with van der Waals surface area (Å²) in [7, 11) is 0. The van der Waals surface area contributed by atoms with E-state index in [2.05, 4.69) is 26.3 Å². The van der Waals surface area contributed by atoms with Crippen molar-refractivity contribution in [3.8, 4) is 6.07 Å². The van der Waals surface area contributed by atoms with Crippen molar-refractivity contribution in [1.29, 1.82) is 5.26 Å². The molecule has 1 aromatic rings. The zero-order valence-corrected chi connectivity index (χ0v) is 9.32. The van der Waals surface area contributed by atoms with Crippen LogP contribution in [-0.2, 0) is 0 Å². The minimum atomic E-state index is 1.10. The maximum absolute atomic E-state index is 7.51. The molecule has 0 atom stereocenters. The summed E-state index contributed by atoms with van der Waals surface area (Å²) in [4.78, 5) is 0. The van der Waals surface area contributed by atoms with Gasteiger partial charge in [0.15, 0.2) is 0 Å². The third kappa shape index (κ3) is 3.81. The minimum Gasteiger partial charge on any atom is -0.193 e. The molecule has 0 aromatic heterocycles. The van der Waals surface area contributed by atoms with Crippen molar-refractivity contribution in [2.75, 3.05) is 0 Å². The van der Waals surface area contributed by atoms with Crippen molar-refractivity contribution >= 4 is 18.2 Å². The van der Waals surface area contributed by atoms with Gasteiger partial charge in [-0.1, -0.05) is 62.7 Å². The quantitative estimate of drug-likeness (QED) is 0.680. The van der Waals surface area contributed by atoms with Crippen molar-refractivity contribution < 1.29 is 0 Å². The van der Waals surface area contributed by atoms with Crippen molar-refractivity contribution in [2.45, 2.75) is 0 Å². The highest BCUT2D eigenvalue weighted by Crippen LogP contribution is 2.17. The number of benzene rings is 1. The van der Waals surface area contributed by atoms with E-state index in [1.165, 1.54) is 6.08 Å². The Labute approximate surface area is 97.4 Å². The lowest BCUT2D eigenvalue weighted by molar-refractivity contribution is 1.54. The highest BCUT2D eigenvalue weighted by molar-refractivity contribution is 5.72. The summed E-state index contributed by atoms with van der Waals surface area (Å²) in [5.74, 6) is 0. The highest BCUT2D eigenvalue weighted by Gasteiger charge is 1.97. The molecule has 0 aliphatic heterocycles. The molecule has 80 valence electrons. The van der Waals surface area contributed by atoms with Crippen molar-refractivity contribution in [2.24, 2.45) is 0 Å². The van der Waals surface area contributed by atoms with Crippen LogP contribution in [-0.4, -0.2) is 0 Å². The van der Waals surface area contributed by atoms with Gasteiger partial charge in [0, 0.05) is 6.08 Å². The number of hydrogen-bond acceptors (Lipinski definition) is 1. The lowest BCUT2D eigenvalue weighted by Gasteiger charge is -2.03. The van der Waals surface area contributed by atoms with Crippen LogP contribution in [0.15, 0.2) is 50.6 Å². The number of hydrogen-bond donors (Lipinski definition) is 0. The van der Waals surface area contributed by atoms with Crippen LogP contribution < -0.4 is 0 Å². The molecule has 1 rings (SSSR count). The van der Waals surface area contributed by atoms with Crippen molar-refractivity contribution in [3.63, 3.8) is 0 Å². The van der Waals surface area contributed by atoms with E-state index in [0.717, 1.165) is 16.7 Å². The molecule has 0 radical (unpaired) electrons. The van der Waals surface area contributed by atoms with E-state index < -0.39 is 0 Å². The molecular weight excluding hydrogens is 194 g/mol. The van der Waals surface area contributed by atoms with Gasteiger partial charge in [0.1, 0.15) is 0 Å². The van der Waals surface area contributed by atoms with Gasteiger partial charge in [-0.15, -0.1) is 0 Å². The summed E-state index contributed by atoms with van der Waals surface area (Å²) >= 11 is 0. The van der Waals surface area contributed by atoms with E-state index in [-0.39, 0.29) is 0 Å². The lowest BCUT2D eigenvalue weighted by atomic mass is 10.0. The molecule has 0 heterocycles. The van der Waals surface area contributed by atoms with Crippen LogP contribution in [0.3, 0.4) is 0 Å². The molecule has 0 amide bonds. The molecule has 1 heteroatoms.